The van der Waals surface area contributed by atoms with E-state index >= 15 is 0 Å². The molecule has 0 bridgehead atoms. The Hall–Kier alpha value is -2.57. The molecule has 1 fully saturated rings. The molecule has 2 aromatic carbocycles. The van der Waals surface area contributed by atoms with Crippen molar-refractivity contribution in [2.24, 2.45) is 0 Å². The Balaban J connectivity index is 1.49. The van der Waals surface area contributed by atoms with E-state index < -0.39 is 0 Å². The molecule has 1 aliphatic heterocycles. The van der Waals surface area contributed by atoms with Crippen molar-refractivity contribution in [2.45, 2.75) is 32.0 Å². The maximum absolute atomic E-state index is 14.0. The Kier molecular flexibility index (Phi) is 5.55. The molecule has 27 heavy (non-hydrogen) atoms. The molecule has 0 radical (unpaired) electrons. The molecule has 0 N–H and O–H groups in total. The summed E-state index contributed by atoms with van der Waals surface area (Å²) in [4.78, 5) is 6.64. The minimum atomic E-state index is -0.356. The van der Waals surface area contributed by atoms with Gasteiger partial charge in [0.15, 0.2) is 0 Å². The van der Waals surface area contributed by atoms with Gasteiger partial charge in [0.05, 0.1) is 18.2 Å². The summed E-state index contributed by atoms with van der Waals surface area (Å²) in [7, 11) is 0. The number of hydrogen-bond donors (Lipinski definition) is 0. The van der Waals surface area contributed by atoms with Crippen molar-refractivity contribution in [1.29, 1.82) is 0 Å². The summed E-state index contributed by atoms with van der Waals surface area (Å²) >= 11 is 0. The van der Waals surface area contributed by atoms with Gasteiger partial charge in [-0.3, -0.25) is 4.90 Å². The minimum absolute atomic E-state index is 0.225. The van der Waals surface area contributed by atoms with Gasteiger partial charge >= 0.3 is 0 Å². The molecular formula is C21H22FN3O2. The van der Waals surface area contributed by atoms with Crippen LogP contribution >= 0.6 is 0 Å². The SMILES string of the molecule is Fc1ccccc1-c1noc(CN(Cc2ccccc2)CC2CCCO2)n1. The highest BCUT2D eigenvalue weighted by molar-refractivity contribution is 5.54. The molecule has 0 amide bonds. The van der Waals surface area contributed by atoms with Crippen LogP contribution in [-0.2, 0) is 17.8 Å². The van der Waals surface area contributed by atoms with E-state index in [9.17, 15) is 4.39 Å². The van der Waals surface area contributed by atoms with Crippen molar-refractivity contribution in [3.63, 3.8) is 0 Å². The lowest BCUT2D eigenvalue weighted by atomic mass is 10.2. The maximum atomic E-state index is 14.0. The Morgan fingerprint density at radius 1 is 1.04 bits per heavy atom. The van der Waals surface area contributed by atoms with Gasteiger partial charge in [-0.1, -0.05) is 47.6 Å². The van der Waals surface area contributed by atoms with E-state index in [4.69, 9.17) is 9.26 Å². The molecule has 4 rings (SSSR count). The summed E-state index contributed by atoms with van der Waals surface area (Å²) < 4.78 is 25.1. The van der Waals surface area contributed by atoms with Crippen molar-refractivity contribution >= 4 is 0 Å². The van der Waals surface area contributed by atoms with Crippen LogP contribution in [0.2, 0.25) is 0 Å². The van der Waals surface area contributed by atoms with Gasteiger partial charge in [0.25, 0.3) is 0 Å². The van der Waals surface area contributed by atoms with E-state index in [2.05, 4.69) is 27.2 Å². The molecule has 140 valence electrons. The van der Waals surface area contributed by atoms with E-state index in [1.165, 1.54) is 11.6 Å². The van der Waals surface area contributed by atoms with Crippen LogP contribution in [0, 0.1) is 5.82 Å². The predicted molar refractivity (Wildman–Crippen MR) is 99.2 cm³/mol. The summed E-state index contributed by atoms with van der Waals surface area (Å²) in [6.45, 7) is 2.88. The second kappa shape index (κ2) is 8.41. The zero-order chi connectivity index (χ0) is 18.5. The molecule has 1 aromatic heterocycles. The van der Waals surface area contributed by atoms with Gasteiger partial charge in [-0.25, -0.2) is 4.39 Å². The molecular weight excluding hydrogens is 345 g/mol. The minimum Gasteiger partial charge on any atom is -0.377 e. The third-order valence-corrected chi connectivity index (χ3v) is 4.68. The van der Waals surface area contributed by atoms with Gasteiger partial charge in [-0.2, -0.15) is 4.98 Å². The average molecular weight is 367 g/mol. The van der Waals surface area contributed by atoms with Gasteiger partial charge in [-0.05, 0) is 30.5 Å². The van der Waals surface area contributed by atoms with Gasteiger partial charge in [0.2, 0.25) is 11.7 Å². The highest BCUT2D eigenvalue weighted by Gasteiger charge is 2.22. The van der Waals surface area contributed by atoms with E-state index in [0.717, 1.165) is 32.5 Å². The fraction of sp³-hybridized carbons (Fsp3) is 0.333. The Morgan fingerprint density at radius 3 is 2.63 bits per heavy atom. The lowest BCUT2D eigenvalue weighted by molar-refractivity contribution is 0.0640. The van der Waals surface area contributed by atoms with E-state index in [1.54, 1.807) is 18.2 Å². The molecule has 1 unspecified atom stereocenters. The van der Waals surface area contributed by atoms with Crippen LogP contribution in [0.25, 0.3) is 11.4 Å². The first kappa shape index (κ1) is 17.8. The van der Waals surface area contributed by atoms with Crippen LogP contribution in [0.1, 0.15) is 24.3 Å². The number of halogens is 1. The summed E-state index contributed by atoms with van der Waals surface area (Å²) in [5.41, 5.74) is 1.56. The van der Waals surface area contributed by atoms with Crippen LogP contribution in [0.5, 0.6) is 0 Å². The highest BCUT2D eigenvalue weighted by Crippen LogP contribution is 2.21. The summed E-state index contributed by atoms with van der Waals surface area (Å²) in [5.74, 6) is 0.396. The fourth-order valence-corrected chi connectivity index (χ4v) is 3.37. The standard InChI is InChI=1S/C21H22FN3O2/c22-19-11-5-4-10-18(19)21-23-20(27-24-21)15-25(14-17-9-6-12-26-17)13-16-7-2-1-3-8-16/h1-5,7-8,10-11,17H,6,9,12-15H2. The van der Waals surface area contributed by atoms with Crippen LogP contribution < -0.4 is 0 Å². The molecule has 6 heteroatoms. The maximum Gasteiger partial charge on any atom is 0.241 e. The number of benzene rings is 2. The first-order valence-electron chi connectivity index (χ1n) is 9.23. The topological polar surface area (TPSA) is 51.4 Å². The first-order valence-corrected chi connectivity index (χ1v) is 9.23. The fourth-order valence-electron chi connectivity index (χ4n) is 3.37. The Morgan fingerprint density at radius 2 is 1.85 bits per heavy atom. The number of hydrogen-bond acceptors (Lipinski definition) is 5. The molecule has 0 spiro atoms. The first-order chi connectivity index (χ1) is 13.3. The second-order valence-electron chi connectivity index (χ2n) is 6.78. The van der Waals surface area contributed by atoms with Crippen LogP contribution in [0.3, 0.4) is 0 Å². The van der Waals surface area contributed by atoms with Crippen molar-refractivity contribution in [1.82, 2.24) is 15.0 Å². The number of aromatic nitrogens is 2. The lowest BCUT2D eigenvalue weighted by Gasteiger charge is -2.23. The third kappa shape index (κ3) is 4.59. The molecule has 0 saturated carbocycles. The van der Waals surface area contributed by atoms with Gasteiger partial charge < -0.3 is 9.26 Å². The molecule has 1 aliphatic rings. The molecule has 0 aliphatic carbocycles. The zero-order valence-corrected chi connectivity index (χ0v) is 15.1. The van der Waals surface area contributed by atoms with E-state index in [0.29, 0.717) is 18.0 Å². The molecule has 1 saturated heterocycles. The van der Waals surface area contributed by atoms with Crippen molar-refractivity contribution in [2.75, 3.05) is 13.2 Å². The third-order valence-electron chi connectivity index (χ3n) is 4.68. The second-order valence-corrected chi connectivity index (χ2v) is 6.78. The smallest absolute Gasteiger partial charge is 0.241 e. The largest absolute Gasteiger partial charge is 0.377 e. The lowest BCUT2D eigenvalue weighted by Crippen LogP contribution is -2.31. The van der Waals surface area contributed by atoms with Crippen molar-refractivity contribution in [3.05, 3.63) is 71.9 Å². The quantitative estimate of drug-likeness (QED) is 0.630. The van der Waals surface area contributed by atoms with E-state index in [1.807, 2.05) is 18.2 Å². The molecule has 1 atom stereocenters. The van der Waals surface area contributed by atoms with Crippen molar-refractivity contribution < 1.29 is 13.7 Å². The summed E-state index contributed by atoms with van der Waals surface area (Å²) in [6, 6.07) is 16.7. The number of rotatable bonds is 7. The van der Waals surface area contributed by atoms with Crippen LogP contribution in [-0.4, -0.2) is 34.3 Å². The molecule has 5 nitrogen and oxygen atoms in total. The average Bonchev–Trinajstić information content (AvgIpc) is 3.35. The number of nitrogens with zero attached hydrogens (tertiary/aromatic N) is 3. The monoisotopic (exact) mass is 367 g/mol. The molecule has 3 aromatic rings. The zero-order valence-electron chi connectivity index (χ0n) is 15.1. The molecule has 2 heterocycles. The van der Waals surface area contributed by atoms with E-state index in [-0.39, 0.29) is 17.7 Å². The summed E-state index contributed by atoms with van der Waals surface area (Å²) in [5, 5.41) is 3.96. The summed E-state index contributed by atoms with van der Waals surface area (Å²) in [6.07, 6.45) is 2.39. The van der Waals surface area contributed by atoms with Gasteiger partial charge in [-0.15, -0.1) is 0 Å². The highest BCUT2D eigenvalue weighted by atomic mass is 19.1. The van der Waals surface area contributed by atoms with Gasteiger partial charge in [0.1, 0.15) is 5.82 Å². The number of ether oxygens (including phenoxy) is 1. The van der Waals surface area contributed by atoms with Crippen LogP contribution in [0.4, 0.5) is 4.39 Å². The predicted octanol–water partition coefficient (Wildman–Crippen LogP) is 4.06. The van der Waals surface area contributed by atoms with Crippen LogP contribution in [0.15, 0.2) is 59.1 Å². The van der Waals surface area contributed by atoms with Crippen molar-refractivity contribution in [3.8, 4) is 11.4 Å². The van der Waals surface area contributed by atoms with Gasteiger partial charge in [0, 0.05) is 19.7 Å². The Bertz CT molecular complexity index is 863. The Labute approximate surface area is 157 Å². The normalized spacial score (nSPS) is 16.9.